The van der Waals surface area contributed by atoms with Crippen molar-refractivity contribution in [1.29, 1.82) is 0 Å². The molecule has 0 aromatic heterocycles. The van der Waals surface area contributed by atoms with Gasteiger partial charge in [-0.1, -0.05) is 146 Å². The summed E-state index contributed by atoms with van der Waals surface area (Å²) in [5.41, 5.74) is 0. The van der Waals surface area contributed by atoms with E-state index in [9.17, 15) is 4.79 Å². The number of carbonyl (C=O) groups excluding carboxylic acids is 1. The molecule has 1 heterocycles. The highest BCUT2D eigenvalue weighted by Gasteiger charge is 2.40. The Morgan fingerprint density at radius 2 is 1.09 bits per heavy atom. The van der Waals surface area contributed by atoms with Gasteiger partial charge in [0.25, 0.3) is 0 Å². The van der Waals surface area contributed by atoms with Gasteiger partial charge in [-0.25, -0.2) is 5.14 Å². The van der Waals surface area contributed by atoms with E-state index in [1.165, 1.54) is 141 Å². The van der Waals surface area contributed by atoms with Crippen LogP contribution < -0.4 is 5.14 Å². The third-order valence-corrected chi connectivity index (χ3v) is 11.1. The summed E-state index contributed by atoms with van der Waals surface area (Å²) in [5.74, 6) is -0.613. The molecule has 1 fully saturated rings. The van der Waals surface area contributed by atoms with Gasteiger partial charge in [0.1, 0.15) is 12.2 Å². The average Bonchev–Trinajstić information content (AvgIpc) is 3.59. The molecule has 0 saturated carbocycles. The van der Waals surface area contributed by atoms with Crippen LogP contribution in [0.3, 0.4) is 0 Å². The van der Waals surface area contributed by atoms with Crippen LogP contribution in [0.15, 0.2) is 48.6 Å². The molecule has 1 unspecified atom stereocenters. The van der Waals surface area contributed by atoms with Crippen LogP contribution in [-0.2, 0) is 18.5 Å². The highest BCUT2D eigenvalue weighted by molar-refractivity contribution is 7.92. The molecule has 0 spiro atoms. The van der Waals surface area contributed by atoms with Crippen LogP contribution in [0.2, 0.25) is 0 Å². The number of hydrogen-bond acceptors (Lipinski definition) is 7. The second kappa shape index (κ2) is 39.4. The number of nitrogens with two attached hydrogens (primary N) is 1. The monoisotopic (exact) mass is 789 g/mol. The van der Waals surface area contributed by atoms with Crippen molar-refractivity contribution < 1.29 is 18.5 Å². The van der Waals surface area contributed by atoms with Crippen LogP contribution >= 0.6 is 12.2 Å². The van der Waals surface area contributed by atoms with E-state index >= 15 is 0 Å². The molecular weight excluding hydrogens is 701 g/mol. The third kappa shape index (κ3) is 33.3. The third-order valence-electron chi connectivity index (χ3n) is 10.8. The van der Waals surface area contributed by atoms with Crippen LogP contribution in [-0.4, -0.2) is 49.5 Å². The molecule has 7 heteroatoms. The fourth-order valence-corrected chi connectivity index (χ4v) is 7.50. The number of ether oxygens (including phenoxy) is 2. The fourth-order valence-electron chi connectivity index (χ4n) is 7.31. The van der Waals surface area contributed by atoms with Crippen molar-refractivity contribution in [2.75, 3.05) is 26.7 Å². The van der Waals surface area contributed by atoms with E-state index in [1.54, 1.807) is 0 Å². The van der Waals surface area contributed by atoms with Crippen LogP contribution in [0.1, 0.15) is 213 Å². The SMILES string of the molecule is CCCCC/C=C\C/C=C\CCCCCCCCC1(CCCCCCCC/C=C\C/C=C\CCCCC)OCC(CCN(C)CCCCCC(=O)OSN)O1. The zero-order chi connectivity index (χ0) is 39.8. The van der Waals surface area contributed by atoms with Crippen molar-refractivity contribution in [2.24, 2.45) is 5.14 Å². The maximum Gasteiger partial charge on any atom is 0.319 e. The number of unbranched alkanes of at least 4 members (excludes halogenated alkanes) is 20. The second-order valence-electron chi connectivity index (χ2n) is 16.1. The van der Waals surface area contributed by atoms with Crippen LogP contribution in [0.5, 0.6) is 0 Å². The summed E-state index contributed by atoms with van der Waals surface area (Å²) in [6.45, 7) is 7.28. The number of carbonyl (C=O) groups is 1. The Labute approximate surface area is 345 Å². The molecule has 1 aliphatic rings. The van der Waals surface area contributed by atoms with Crippen molar-refractivity contribution in [2.45, 2.75) is 225 Å². The molecule has 1 rings (SSSR count). The van der Waals surface area contributed by atoms with Crippen LogP contribution in [0.4, 0.5) is 0 Å². The summed E-state index contributed by atoms with van der Waals surface area (Å²) < 4.78 is 18.1. The molecule has 1 saturated heterocycles. The zero-order valence-electron chi connectivity index (χ0n) is 36.3. The van der Waals surface area contributed by atoms with Gasteiger partial charge in [-0.15, -0.1) is 0 Å². The molecule has 0 aromatic rings. The summed E-state index contributed by atoms with van der Waals surface area (Å²) in [4.78, 5) is 13.9. The summed E-state index contributed by atoms with van der Waals surface area (Å²) in [6, 6.07) is 0. The number of rotatable bonds is 40. The molecule has 320 valence electrons. The maximum absolute atomic E-state index is 11.5. The standard InChI is InChI=1S/C48H88N2O4S/c1-4-6-8-10-12-14-16-18-20-22-24-26-28-30-32-36-41-48(42-37-33-31-29-27-25-23-21-19-17-15-13-11-9-7-5-2)52-45-46(53-48)40-44-50(3)43-38-34-35-39-47(51)54-55-49/h12-15,18-21,46H,4-11,16-17,22-45,49H2,1-3H3/b14-12-,15-13-,20-18-,21-19-. The number of allylic oxidation sites excluding steroid dienone is 8. The molecule has 0 radical (unpaired) electrons. The van der Waals surface area contributed by atoms with Crippen molar-refractivity contribution >= 4 is 18.2 Å². The predicted molar refractivity (Wildman–Crippen MR) is 240 cm³/mol. The summed E-state index contributed by atoms with van der Waals surface area (Å²) in [6.07, 6.45) is 55.9. The van der Waals surface area contributed by atoms with E-state index in [1.807, 2.05) is 0 Å². The predicted octanol–water partition coefficient (Wildman–Crippen LogP) is 14.5. The quantitative estimate of drug-likeness (QED) is 0.0287. The smallest absolute Gasteiger partial charge is 0.319 e. The van der Waals surface area contributed by atoms with Gasteiger partial charge in [0.05, 0.1) is 12.7 Å². The van der Waals surface area contributed by atoms with Crippen molar-refractivity contribution in [3.63, 3.8) is 0 Å². The lowest BCUT2D eigenvalue weighted by atomic mass is 9.98. The van der Waals surface area contributed by atoms with E-state index < -0.39 is 0 Å². The Hall–Kier alpha value is -1.38. The zero-order valence-corrected chi connectivity index (χ0v) is 37.1. The molecular formula is C48H88N2O4S. The number of nitrogens with zero attached hydrogens (tertiary/aromatic N) is 1. The van der Waals surface area contributed by atoms with Crippen LogP contribution in [0, 0.1) is 0 Å². The van der Waals surface area contributed by atoms with E-state index in [0.717, 1.165) is 71.1 Å². The highest BCUT2D eigenvalue weighted by atomic mass is 32.2. The number of hydrogen-bond donors (Lipinski definition) is 1. The lowest BCUT2D eigenvalue weighted by molar-refractivity contribution is -0.180. The minimum atomic E-state index is -0.385. The topological polar surface area (TPSA) is 74.0 Å². The van der Waals surface area contributed by atoms with Gasteiger partial charge in [0.15, 0.2) is 5.79 Å². The Morgan fingerprint density at radius 3 is 1.58 bits per heavy atom. The Kier molecular flexibility index (Phi) is 37.0. The fraction of sp³-hybridized carbons (Fsp3) is 0.812. The molecule has 0 aromatic carbocycles. The molecule has 1 aliphatic heterocycles. The van der Waals surface area contributed by atoms with Crippen molar-refractivity contribution in [3.05, 3.63) is 48.6 Å². The molecule has 6 nitrogen and oxygen atoms in total. The first-order valence-electron chi connectivity index (χ1n) is 23.2. The Bertz CT molecular complexity index is 920. The van der Waals surface area contributed by atoms with Crippen molar-refractivity contribution in [1.82, 2.24) is 4.90 Å². The first-order chi connectivity index (χ1) is 27.0. The largest absolute Gasteiger partial charge is 0.375 e. The van der Waals surface area contributed by atoms with Gasteiger partial charge in [-0.3, -0.25) is 4.79 Å². The first kappa shape index (κ1) is 51.6. The summed E-state index contributed by atoms with van der Waals surface area (Å²) in [5, 5.41) is 5.20. The Morgan fingerprint density at radius 1 is 0.636 bits per heavy atom. The normalized spacial score (nSPS) is 16.0. The summed E-state index contributed by atoms with van der Waals surface area (Å²) in [7, 11) is 2.19. The maximum atomic E-state index is 11.5. The van der Waals surface area contributed by atoms with E-state index in [-0.39, 0.29) is 17.9 Å². The van der Waals surface area contributed by atoms with Gasteiger partial charge >= 0.3 is 5.97 Å². The molecule has 0 aliphatic carbocycles. The lowest BCUT2D eigenvalue weighted by Crippen LogP contribution is -2.32. The van der Waals surface area contributed by atoms with Gasteiger partial charge in [-0.05, 0) is 110 Å². The molecule has 0 bridgehead atoms. The van der Waals surface area contributed by atoms with Gasteiger partial charge in [-0.2, -0.15) is 0 Å². The first-order valence-corrected chi connectivity index (χ1v) is 24.0. The van der Waals surface area contributed by atoms with Gasteiger partial charge < -0.3 is 18.6 Å². The van der Waals surface area contributed by atoms with E-state index in [2.05, 4.69) is 74.4 Å². The lowest BCUT2D eigenvalue weighted by Gasteiger charge is -2.29. The van der Waals surface area contributed by atoms with Crippen molar-refractivity contribution in [3.8, 4) is 0 Å². The van der Waals surface area contributed by atoms with E-state index in [0.29, 0.717) is 18.6 Å². The minimum absolute atomic E-state index is 0.181. The molecule has 0 amide bonds. The molecule has 55 heavy (non-hydrogen) atoms. The van der Waals surface area contributed by atoms with E-state index in [4.69, 9.17) is 18.8 Å². The minimum Gasteiger partial charge on any atom is -0.375 e. The summed E-state index contributed by atoms with van der Waals surface area (Å²) >= 11 is 0.636. The molecule has 2 N–H and O–H groups in total. The Balaban J connectivity index is 2.33. The average molecular weight is 789 g/mol. The van der Waals surface area contributed by atoms with Gasteiger partial charge in [0.2, 0.25) is 0 Å². The highest BCUT2D eigenvalue weighted by Crippen LogP contribution is 2.35. The van der Waals surface area contributed by atoms with Crippen LogP contribution in [0.25, 0.3) is 0 Å². The van der Waals surface area contributed by atoms with Gasteiger partial charge in [0, 0.05) is 25.8 Å². The molecule has 1 atom stereocenters. The second-order valence-corrected chi connectivity index (χ2v) is 16.4.